The number of aromatic hydroxyl groups is 1. The van der Waals surface area contributed by atoms with Crippen molar-refractivity contribution in [2.24, 2.45) is 5.73 Å². The van der Waals surface area contributed by atoms with Crippen LogP contribution in [0, 0.1) is 11.2 Å². The first kappa shape index (κ1) is 25.0. The first-order chi connectivity index (χ1) is 16.5. The van der Waals surface area contributed by atoms with Crippen molar-refractivity contribution in [1.29, 1.82) is 5.41 Å². The molecule has 0 amide bonds. The monoisotopic (exact) mass is 566 g/mol. The number of nitrogens with two attached hydrogens (primary N) is 1. The number of sulfone groups is 1. The van der Waals surface area contributed by atoms with E-state index < -0.39 is 27.4 Å². The standard InChI is InChI=1S/C23H24BrFN4O5S/c1-2-34-22(31)20-18(11-35(32,33)14-7-3-12(25)4-8-14)29(13-5-6-13)17-9-16(24)21(30)15(19(17)20)10-28-23(26)27/h3-4,7-9,13,30H,2,5-6,10-11H2,1H3,(H4,26,27,28). The van der Waals surface area contributed by atoms with Crippen molar-refractivity contribution in [3.05, 3.63) is 57.4 Å². The molecule has 1 heterocycles. The number of nitrogens with one attached hydrogen (secondary N) is 2. The molecule has 0 atom stereocenters. The molecule has 0 aliphatic heterocycles. The molecule has 1 aromatic heterocycles. The Hall–Kier alpha value is -3.12. The van der Waals surface area contributed by atoms with Crippen LogP contribution in [0.25, 0.3) is 10.9 Å². The Morgan fingerprint density at radius 3 is 2.57 bits per heavy atom. The molecule has 186 valence electrons. The number of carbonyl (C=O) groups excluding carboxylic acids is 1. The van der Waals surface area contributed by atoms with E-state index in [-0.39, 0.29) is 52.6 Å². The van der Waals surface area contributed by atoms with Crippen LogP contribution in [0.5, 0.6) is 5.75 Å². The summed E-state index contributed by atoms with van der Waals surface area (Å²) in [4.78, 5) is 13.1. The van der Waals surface area contributed by atoms with Gasteiger partial charge in [-0.25, -0.2) is 17.6 Å². The van der Waals surface area contributed by atoms with Gasteiger partial charge in [-0.1, -0.05) is 0 Å². The SMILES string of the molecule is CCOC(=O)c1c(CS(=O)(=O)c2ccc(F)cc2)n(C2CC2)c2cc(Br)c(O)c(CNC(=N)N)c12. The van der Waals surface area contributed by atoms with E-state index in [9.17, 15) is 22.7 Å². The summed E-state index contributed by atoms with van der Waals surface area (Å²) in [5, 5.41) is 21.3. The molecule has 0 radical (unpaired) electrons. The number of hydrogen-bond acceptors (Lipinski definition) is 6. The normalized spacial score (nSPS) is 13.7. The van der Waals surface area contributed by atoms with Crippen molar-refractivity contribution in [2.75, 3.05) is 6.61 Å². The second-order valence-corrected chi connectivity index (χ2v) is 11.0. The molecular formula is C23H24BrFN4O5S. The third-order valence-electron chi connectivity index (χ3n) is 5.77. The summed E-state index contributed by atoms with van der Waals surface area (Å²) >= 11 is 3.34. The molecule has 0 saturated heterocycles. The van der Waals surface area contributed by atoms with E-state index in [1.165, 1.54) is 12.1 Å². The summed E-state index contributed by atoms with van der Waals surface area (Å²) in [6, 6.07) is 6.10. The van der Waals surface area contributed by atoms with Gasteiger partial charge in [-0.2, -0.15) is 0 Å². The fourth-order valence-corrected chi connectivity index (χ4v) is 5.95. The van der Waals surface area contributed by atoms with Crippen LogP contribution in [-0.4, -0.2) is 36.6 Å². The van der Waals surface area contributed by atoms with Gasteiger partial charge in [-0.05, 0) is 66.0 Å². The predicted molar refractivity (Wildman–Crippen MR) is 132 cm³/mol. The van der Waals surface area contributed by atoms with Gasteiger partial charge in [0.25, 0.3) is 0 Å². The van der Waals surface area contributed by atoms with E-state index in [4.69, 9.17) is 15.9 Å². The van der Waals surface area contributed by atoms with E-state index in [1.54, 1.807) is 13.0 Å². The maximum Gasteiger partial charge on any atom is 0.340 e. The second kappa shape index (κ2) is 9.50. The summed E-state index contributed by atoms with van der Waals surface area (Å²) in [6.45, 7) is 1.62. The van der Waals surface area contributed by atoms with Gasteiger partial charge in [0.1, 0.15) is 11.6 Å². The molecule has 1 fully saturated rings. The van der Waals surface area contributed by atoms with E-state index in [0.29, 0.717) is 15.4 Å². The van der Waals surface area contributed by atoms with Gasteiger partial charge < -0.3 is 25.5 Å². The maximum absolute atomic E-state index is 13.4. The number of phenols is 1. The molecule has 1 aliphatic rings. The first-order valence-corrected chi connectivity index (χ1v) is 13.3. The van der Waals surface area contributed by atoms with Gasteiger partial charge in [0.15, 0.2) is 15.8 Å². The van der Waals surface area contributed by atoms with Crippen LogP contribution >= 0.6 is 15.9 Å². The second-order valence-electron chi connectivity index (χ2n) is 8.20. The van der Waals surface area contributed by atoms with Crippen molar-refractivity contribution >= 4 is 48.6 Å². The van der Waals surface area contributed by atoms with Crippen LogP contribution in [0.15, 0.2) is 39.7 Å². The maximum atomic E-state index is 13.4. The Morgan fingerprint density at radius 2 is 2.00 bits per heavy atom. The fraction of sp³-hybridized carbons (Fsp3) is 0.304. The third-order valence-corrected chi connectivity index (χ3v) is 8.02. The minimum atomic E-state index is -3.97. The van der Waals surface area contributed by atoms with E-state index in [1.807, 2.05) is 4.57 Å². The largest absolute Gasteiger partial charge is 0.506 e. The van der Waals surface area contributed by atoms with Gasteiger partial charge in [-0.15, -0.1) is 0 Å². The van der Waals surface area contributed by atoms with Gasteiger partial charge >= 0.3 is 5.97 Å². The van der Waals surface area contributed by atoms with Crippen molar-refractivity contribution < 1.29 is 27.4 Å². The van der Waals surface area contributed by atoms with Gasteiger partial charge in [0.2, 0.25) is 0 Å². The zero-order chi connectivity index (χ0) is 25.5. The molecule has 0 bridgehead atoms. The predicted octanol–water partition coefficient (Wildman–Crippen LogP) is 3.72. The van der Waals surface area contributed by atoms with Crippen LogP contribution in [0.3, 0.4) is 0 Å². The molecule has 0 spiro atoms. The fourth-order valence-electron chi connectivity index (χ4n) is 4.13. The Balaban J connectivity index is 2.01. The number of phenolic OH excluding ortho intramolecular Hbond substituents is 1. The Labute approximate surface area is 209 Å². The molecule has 1 aliphatic carbocycles. The van der Waals surface area contributed by atoms with E-state index >= 15 is 0 Å². The number of carbonyl (C=O) groups is 1. The van der Waals surface area contributed by atoms with Gasteiger partial charge in [0, 0.05) is 29.2 Å². The van der Waals surface area contributed by atoms with Crippen LogP contribution in [-0.2, 0) is 26.9 Å². The summed E-state index contributed by atoms with van der Waals surface area (Å²) in [5.41, 5.74) is 6.52. The summed E-state index contributed by atoms with van der Waals surface area (Å²) < 4.78 is 47.6. The van der Waals surface area contributed by atoms with Gasteiger partial charge in [-0.3, -0.25) is 5.41 Å². The lowest BCUT2D eigenvalue weighted by Crippen LogP contribution is -2.29. The van der Waals surface area contributed by atoms with Crippen LogP contribution in [0.4, 0.5) is 4.39 Å². The van der Waals surface area contributed by atoms with Crippen molar-refractivity contribution in [3.63, 3.8) is 0 Å². The number of ether oxygens (including phenoxy) is 1. The number of rotatable bonds is 8. The number of aromatic nitrogens is 1. The number of benzene rings is 2. The molecule has 5 N–H and O–H groups in total. The van der Waals surface area contributed by atoms with Crippen molar-refractivity contribution in [3.8, 4) is 5.75 Å². The lowest BCUT2D eigenvalue weighted by molar-refractivity contribution is 0.0527. The summed E-state index contributed by atoms with van der Waals surface area (Å²) in [5.74, 6) is -2.33. The van der Waals surface area contributed by atoms with Crippen LogP contribution < -0.4 is 11.1 Å². The molecule has 2 aromatic carbocycles. The quantitative estimate of drug-likeness (QED) is 0.140. The highest BCUT2D eigenvalue weighted by Crippen LogP contribution is 2.46. The molecule has 1 saturated carbocycles. The molecule has 0 unspecified atom stereocenters. The van der Waals surface area contributed by atoms with Crippen molar-refractivity contribution in [2.45, 2.75) is 43.0 Å². The lowest BCUT2D eigenvalue weighted by atomic mass is 10.0. The lowest BCUT2D eigenvalue weighted by Gasteiger charge is -2.12. The van der Waals surface area contributed by atoms with Gasteiger partial charge in [0.05, 0.1) is 32.8 Å². The topological polar surface area (TPSA) is 148 Å². The first-order valence-electron chi connectivity index (χ1n) is 10.9. The Bertz CT molecular complexity index is 1430. The molecule has 12 heteroatoms. The molecule has 9 nitrogen and oxygen atoms in total. The number of nitrogens with zero attached hydrogens (tertiary/aromatic N) is 1. The zero-order valence-electron chi connectivity index (χ0n) is 18.8. The highest BCUT2D eigenvalue weighted by Gasteiger charge is 2.36. The molecular weight excluding hydrogens is 543 g/mol. The molecule has 3 aromatic rings. The minimum Gasteiger partial charge on any atom is -0.506 e. The smallest absolute Gasteiger partial charge is 0.340 e. The number of halogens is 2. The number of hydrogen-bond donors (Lipinski definition) is 4. The van der Waals surface area contributed by atoms with E-state index in [2.05, 4.69) is 21.2 Å². The molecule has 4 rings (SSSR count). The molecule has 35 heavy (non-hydrogen) atoms. The number of guanidine groups is 1. The highest BCUT2D eigenvalue weighted by atomic mass is 79.9. The van der Waals surface area contributed by atoms with Crippen molar-refractivity contribution in [1.82, 2.24) is 9.88 Å². The zero-order valence-corrected chi connectivity index (χ0v) is 21.2. The average Bonchev–Trinajstić information content (AvgIpc) is 3.57. The summed E-state index contributed by atoms with van der Waals surface area (Å²) in [7, 11) is -3.97. The number of esters is 1. The van der Waals surface area contributed by atoms with Crippen LogP contribution in [0.1, 0.15) is 47.4 Å². The highest BCUT2D eigenvalue weighted by molar-refractivity contribution is 9.10. The van der Waals surface area contributed by atoms with E-state index in [0.717, 1.165) is 25.0 Å². The Morgan fingerprint density at radius 1 is 1.34 bits per heavy atom. The van der Waals surface area contributed by atoms with Crippen LogP contribution in [0.2, 0.25) is 0 Å². The number of fused-ring (bicyclic) bond motifs is 1. The average molecular weight is 567 g/mol. The summed E-state index contributed by atoms with van der Waals surface area (Å²) in [6.07, 6.45) is 1.57. The Kier molecular flexibility index (Phi) is 6.78. The minimum absolute atomic E-state index is 0.0302. The third kappa shape index (κ3) is 4.85.